The fraction of sp³-hybridized carbons (Fsp3) is 0.421. The smallest absolute Gasteiger partial charge is 0.315 e. The number of fused-ring (bicyclic) bond motifs is 1. The fourth-order valence-corrected chi connectivity index (χ4v) is 3.89. The van der Waals surface area contributed by atoms with E-state index < -0.39 is 0 Å². The first-order valence-electron chi connectivity index (χ1n) is 9.09. The fourth-order valence-electron chi connectivity index (χ4n) is 3.89. The van der Waals surface area contributed by atoms with Gasteiger partial charge < -0.3 is 9.72 Å². The number of ether oxygens (including phenoxy) is 1. The van der Waals surface area contributed by atoms with Crippen molar-refractivity contribution in [2.24, 2.45) is 0 Å². The van der Waals surface area contributed by atoms with Crippen LogP contribution >= 0.6 is 0 Å². The standard InChI is InChI=1S/C19H22N4O3/c1-2-26-15-8-6-14(7-9-15)22-12-17(23(24)25)19(21-22)16-5-3-4-13-10-11-20-18(13)16/h3-5,10-12,14-15,20H,2,6-9H2,1H3/t14-,15-. The summed E-state index contributed by atoms with van der Waals surface area (Å²) in [7, 11) is 0. The minimum absolute atomic E-state index is 0.0547. The molecule has 26 heavy (non-hydrogen) atoms. The quantitative estimate of drug-likeness (QED) is 0.541. The molecule has 0 unspecified atom stereocenters. The van der Waals surface area contributed by atoms with Crippen LogP contribution in [0.1, 0.15) is 38.6 Å². The molecular weight excluding hydrogens is 332 g/mol. The number of H-pyrrole nitrogens is 1. The maximum atomic E-state index is 11.6. The summed E-state index contributed by atoms with van der Waals surface area (Å²) in [6.45, 7) is 2.74. The van der Waals surface area contributed by atoms with Crippen LogP contribution in [-0.4, -0.2) is 32.4 Å². The molecule has 7 heteroatoms. The molecule has 0 radical (unpaired) electrons. The first-order chi connectivity index (χ1) is 12.7. The molecule has 0 amide bonds. The van der Waals surface area contributed by atoms with E-state index in [0.29, 0.717) is 11.8 Å². The first-order valence-corrected chi connectivity index (χ1v) is 9.09. The van der Waals surface area contributed by atoms with Crippen molar-refractivity contribution in [1.82, 2.24) is 14.8 Å². The van der Waals surface area contributed by atoms with Crippen LogP contribution in [0.5, 0.6) is 0 Å². The Bertz CT molecular complexity index is 922. The van der Waals surface area contributed by atoms with Crippen molar-refractivity contribution in [1.29, 1.82) is 0 Å². The van der Waals surface area contributed by atoms with Gasteiger partial charge in [0.05, 0.1) is 22.6 Å². The van der Waals surface area contributed by atoms with Gasteiger partial charge in [-0.2, -0.15) is 5.10 Å². The number of benzene rings is 1. The number of hydrogen-bond acceptors (Lipinski definition) is 4. The van der Waals surface area contributed by atoms with E-state index in [1.54, 1.807) is 10.9 Å². The molecule has 1 aromatic carbocycles. The van der Waals surface area contributed by atoms with Crippen molar-refractivity contribution in [3.63, 3.8) is 0 Å². The normalized spacial score (nSPS) is 20.5. The van der Waals surface area contributed by atoms with Gasteiger partial charge in [-0.05, 0) is 38.7 Å². The van der Waals surface area contributed by atoms with Gasteiger partial charge >= 0.3 is 5.69 Å². The number of nitro groups is 1. The van der Waals surface area contributed by atoms with Crippen molar-refractivity contribution >= 4 is 16.6 Å². The number of nitrogens with zero attached hydrogens (tertiary/aromatic N) is 3. The lowest BCUT2D eigenvalue weighted by Crippen LogP contribution is -2.24. The van der Waals surface area contributed by atoms with Crippen LogP contribution in [-0.2, 0) is 4.74 Å². The predicted octanol–water partition coefficient (Wildman–Crippen LogP) is 4.46. The third-order valence-corrected chi connectivity index (χ3v) is 5.17. The summed E-state index contributed by atoms with van der Waals surface area (Å²) in [5.74, 6) is 0. The lowest BCUT2D eigenvalue weighted by atomic mass is 9.93. The van der Waals surface area contributed by atoms with Crippen LogP contribution in [0.3, 0.4) is 0 Å². The lowest BCUT2D eigenvalue weighted by molar-refractivity contribution is -0.384. The van der Waals surface area contributed by atoms with Crippen LogP contribution in [0.4, 0.5) is 5.69 Å². The van der Waals surface area contributed by atoms with Crippen LogP contribution < -0.4 is 0 Å². The van der Waals surface area contributed by atoms with Crippen molar-refractivity contribution in [2.75, 3.05) is 6.61 Å². The van der Waals surface area contributed by atoms with Gasteiger partial charge in [-0.15, -0.1) is 0 Å². The summed E-state index contributed by atoms with van der Waals surface area (Å²) >= 11 is 0. The number of hydrogen-bond donors (Lipinski definition) is 1. The van der Waals surface area contributed by atoms with Gasteiger partial charge in [0, 0.05) is 23.8 Å². The zero-order valence-electron chi connectivity index (χ0n) is 14.7. The van der Waals surface area contributed by atoms with Crippen LogP contribution in [0, 0.1) is 10.1 Å². The van der Waals surface area contributed by atoms with E-state index in [9.17, 15) is 10.1 Å². The molecule has 1 N–H and O–H groups in total. The van der Waals surface area contributed by atoms with Gasteiger partial charge in [0.25, 0.3) is 0 Å². The summed E-state index contributed by atoms with van der Waals surface area (Å²) in [4.78, 5) is 14.5. The number of rotatable bonds is 5. The molecule has 1 saturated carbocycles. The van der Waals surface area contributed by atoms with Crippen LogP contribution in [0.25, 0.3) is 22.2 Å². The number of aromatic nitrogens is 3. The largest absolute Gasteiger partial charge is 0.379 e. The van der Waals surface area contributed by atoms with Gasteiger partial charge in [0.2, 0.25) is 0 Å². The highest BCUT2D eigenvalue weighted by Gasteiger charge is 2.28. The molecule has 3 aromatic rings. The molecule has 0 bridgehead atoms. The topological polar surface area (TPSA) is 86.0 Å². The minimum atomic E-state index is -0.341. The molecule has 0 spiro atoms. The van der Waals surface area contributed by atoms with Gasteiger partial charge in [0.1, 0.15) is 6.20 Å². The molecule has 1 fully saturated rings. The molecule has 1 aliphatic carbocycles. The third-order valence-electron chi connectivity index (χ3n) is 5.17. The number of para-hydroxylation sites is 1. The van der Waals surface area contributed by atoms with Crippen LogP contribution in [0.15, 0.2) is 36.7 Å². The van der Waals surface area contributed by atoms with Crippen molar-refractivity contribution in [3.8, 4) is 11.3 Å². The average Bonchev–Trinajstić information content (AvgIpc) is 3.29. The van der Waals surface area contributed by atoms with E-state index in [1.165, 1.54) is 0 Å². The predicted molar refractivity (Wildman–Crippen MR) is 99.1 cm³/mol. The zero-order chi connectivity index (χ0) is 18.1. The Hall–Kier alpha value is -2.67. The van der Waals surface area contributed by atoms with E-state index in [2.05, 4.69) is 10.1 Å². The lowest BCUT2D eigenvalue weighted by Gasteiger charge is -2.28. The summed E-state index contributed by atoms with van der Waals surface area (Å²) in [5, 5.41) is 17.3. The molecule has 2 aromatic heterocycles. The van der Waals surface area contributed by atoms with Gasteiger partial charge in [-0.1, -0.05) is 18.2 Å². The first kappa shape index (κ1) is 16.8. The zero-order valence-corrected chi connectivity index (χ0v) is 14.7. The second-order valence-corrected chi connectivity index (χ2v) is 6.73. The SMILES string of the molecule is CCO[C@H]1CC[C@H](n2cc([N+](=O)[O-])c(-c3cccc4cc[nH]c34)n2)CC1. The maximum absolute atomic E-state index is 11.6. The van der Waals surface area contributed by atoms with E-state index in [1.807, 2.05) is 37.4 Å². The Morgan fingerprint density at radius 2 is 2.12 bits per heavy atom. The summed E-state index contributed by atoms with van der Waals surface area (Å²) < 4.78 is 7.49. The average molecular weight is 354 g/mol. The Balaban J connectivity index is 1.68. The molecule has 1 aliphatic rings. The second kappa shape index (κ2) is 6.92. The molecule has 4 rings (SSSR count). The van der Waals surface area contributed by atoms with E-state index in [0.717, 1.165) is 48.8 Å². The van der Waals surface area contributed by atoms with Gasteiger partial charge in [0.15, 0.2) is 5.69 Å². The highest BCUT2D eigenvalue weighted by molar-refractivity contribution is 5.95. The molecule has 2 heterocycles. The molecule has 0 saturated heterocycles. The summed E-state index contributed by atoms with van der Waals surface area (Å²) in [6.07, 6.45) is 7.51. The van der Waals surface area contributed by atoms with Gasteiger partial charge in [-0.25, -0.2) is 0 Å². The van der Waals surface area contributed by atoms with E-state index in [-0.39, 0.29) is 16.7 Å². The Kier molecular flexibility index (Phi) is 4.46. The highest BCUT2D eigenvalue weighted by atomic mass is 16.6. The van der Waals surface area contributed by atoms with Gasteiger partial charge in [-0.3, -0.25) is 14.8 Å². The third kappa shape index (κ3) is 2.99. The monoisotopic (exact) mass is 354 g/mol. The molecule has 7 nitrogen and oxygen atoms in total. The second-order valence-electron chi connectivity index (χ2n) is 6.73. The molecule has 136 valence electrons. The Morgan fingerprint density at radius 1 is 1.31 bits per heavy atom. The summed E-state index contributed by atoms with van der Waals surface area (Å²) in [6, 6.07) is 7.90. The van der Waals surface area contributed by atoms with E-state index >= 15 is 0 Å². The number of aromatic amines is 1. The van der Waals surface area contributed by atoms with Crippen LogP contribution in [0.2, 0.25) is 0 Å². The number of nitrogens with one attached hydrogen (secondary N) is 1. The Labute approximate surface area is 151 Å². The van der Waals surface area contributed by atoms with Crippen molar-refractivity contribution < 1.29 is 9.66 Å². The van der Waals surface area contributed by atoms with Crippen molar-refractivity contribution in [3.05, 3.63) is 46.8 Å². The Morgan fingerprint density at radius 3 is 2.85 bits per heavy atom. The molecule has 0 aliphatic heterocycles. The minimum Gasteiger partial charge on any atom is -0.379 e. The highest BCUT2D eigenvalue weighted by Crippen LogP contribution is 2.36. The molecule has 0 atom stereocenters. The maximum Gasteiger partial charge on any atom is 0.315 e. The molecular formula is C19H22N4O3. The van der Waals surface area contributed by atoms with Crippen molar-refractivity contribution in [2.45, 2.75) is 44.8 Å². The van der Waals surface area contributed by atoms with E-state index in [4.69, 9.17) is 4.74 Å². The summed E-state index contributed by atoms with van der Waals surface area (Å²) in [5.41, 5.74) is 2.12.